The lowest BCUT2D eigenvalue weighted by molar-refractivity contribution is -0.118. The third kappa shape index (κ3) is 4.56. The predicted octanol–water partition coefficient (Wildman–Crippen LogP) is 4.35. The van der Waals surface area contributed by atoms with Crippen LogP contribution < -0.4 is 5.32 Å². The van der Waals surface area contributed by atoms with Crippen molar-refractivity contribution in [2.24, 2.45) is 17.3 Å². The van der Waals surface area contributed by atoms with E-state index in [9.17, 15) is 13.2 Å². The molecular weight excluding hydrogens is 441 g/mol. The van der Waals surface area contributed by atoms with Crippen LogP contribution >= 0.6 is 34.5 Å². The van der Waals surface area contributed by atoms with E-state index >= 15 is 0 Å². The van der Waals surface area contributed by atoms with Crippen molar-refractivity contribution in [2.45, 2.75) is 30.9 Å². The van der Waals surface area contributed by atoms with Gasteiger partial charge in [0.25, 0.3) is 0 Å². The Morgan fingerprint density at radius 3 is 2.50 bits per heavy atom. The highest BCUT2D eigenvalue weighted by Crippen LogP contribution is 2.60. The molecule has 1 heterocycles. The number of carbonyl (C=O) groups is 1. The van der Waals surface area contributed by atoms with Gasteiger partial charge in [-0.25, -0.2) is 8.42 Å². The summed E-state index contributed by atoms with van der Waals surface area (Å²) < 4.78 is 25.1. The first-order valence-electron chi connectivity index (χ1n) is 8.46. The number of benzene rings is 1. The molecule has 2 atom stereocenters. The summed E-state index contributed by atoms with van der Waals surface area (Å²) in [5, 5.41) is 10.4. The van der Waals surface area contributed by atoms with E-state index in [1.54, 1.807) is 18.2 Å². The second kappa shape index (κ2) is 7.74. The highest BCUT2D eigenvalue weighted by atomic mass is 35.5. The zero-order chi connectivity index (χ0) is 20.7. The highest BCUT2D eigenvalue weighted by molar-refractivity contribution is 7.92. The average Bonchev–Trinajstić information content (AvgIpc) is 2.93. The van der Waals surface area contributed by atoms with Crippen molar-refractivity contribution in [3.63, 3.8) is 0 Å². The van der Waals surface area contributed by atoms with Crippen LogP contribution in [0.15, 0.2) is 39.2 Å². The minimum atomic E-state index is -3.65. The Morgan fingerprint density at radius 2 is 1.89 bits per heavy atom. The van der Waals surface area contributed by atoms with E-state index in [1.807, 2.05) is 32.9 Å². The molecule has 3 rings (SSSR count). The minimum absolute atomic E-state index is 0.0878. The summed E-state index contributed by atoms with van der Waals surface area (Å²) in [7, 11) is -3.65. The zero-order valence-corrected chi connectivity index (χ0v) is 18.6. The van der Waals surface area contributed by atoms with Gasteiger partial charge in [0.1, 0.15) is 4.49 Å². The molecule has 1 saturated carbocycles. The first kappa shape index (κ1) is 21.2. The highest BCUT2D eigenvalue weighted by Gasteiger charge is 2.60. The lowest BCUT2D eigenvalue weighted by atomic mass is 10.1. The number of anilines is 1. The summed E-state index contributed by atoms with van der Waals surface area (Å²) in [6.45, 7) is 5.81. The smallest absolute Gasteiger partial charge is 0.234 e. The number of halogens is 2. The molecule has 0 unspecified atom stereocenters. The molecule has 1 N–H and O–H groups in total. The SMILES string of the molecule is Cc1ccc(CS(=O)(=O)c2nnc(NC(=O)[C@H]3[C@H](C=C(Cl)Cl)C3(C)C)s2)cc1. The molecule has 0 aliphatic heterocycles. The monoisotopic (exact) mass is 459 g/mol. The Balaban J connectivity index is 1.69. The Kier molecular flexibility index (Phi) is 5.87. The number of nitrogens with one attached hydrogen (secondary N) is 1. The molecule has 1 aromatic heterocycles. The number of hydrogen-bond acceptors (Lipinski definition) is 6. The number of hydrogen-bond donors (Lipinski definition) is 1. The molecule has 10 heteroatoms. The predicted molar refractivity (Wildman–Crippen MR) is 111 cm³/mol. The van der Waals surface area contributed by atoms with Crippen LogP contribution in [0.4, 0.5) is 5.13 Å². The number of nitrogens with zero attached hydrogens (tertiary/aromatic N) is 2. The van der Waals surface area contributed by atoms with Gasteiger partial charge in [0.15, 0.2) is 0 Å². The molecule has 1 fully saturated rings. The van der Waals surface area contributed by atoms with E-state index in [4.69, 9.17) is 23.2 Å². The molecule has 1 aliphatic rings. The fraction of sp³-hybridized carbons (Fsp3) is 0.389. The molecule has 1 aliphatic carbocycles. The molecule has 1 aromatic carbocycles. The summed E-state index contributed by atoms with van der Waals surface area (Å²) in [5.41, 5.74) is 1.43. The van der Waals surface area contributed by atoms with Crippen LogP contribution in [0.3, 0.4) is 0 Å². The minimum Gasteiger partial charge on any atom is -0.300 e. The second-order valence-corrected chi connectivity index (χ2v) is 11.5. The van der Waals surface area contributed by atoms with E-state index in [0.29, 0.717) is 5.56 Å². The van der Waals surface area contributed by atoms with Crippen molar-refractivity contribution in [3.05, 3.63) is 46.0 Å². The molecule has 0 saturated heterocycles. The van der Waals surface area contributed by atoms with Crippen LogP contribution in [0.2, 0.25) is 0 Å². The van der Waals surface area contributed by atoms with Gasteiger partial charge in [0.2, 0.25) is 25.2 Å². The van der Waals surface area contributed by atoms with E-state index < -0.39 is 9.84 Å². The van der Waals surface area contributed by atoms with Gasteiger partial charge in [0, 0.05) is 0 Å². The Labute approximate surface area is 177 Å². The number of aryl methyl sites for hydroxylation is 1. The molecule has 28 heavy (non-hydrogen) atoms. The molecule has 1 amide bonds. The van der Waals surface area contributed by atoms with E-state index in [0.717, 1.165) is 16.9 Å². The molecule has 0 radical (unpaired) electrons. The maximum absolute atomic E-state index is 12.6. The van der Waals surface area contributed by atoms with Crippen molar-refractivity contribution >= 4 is 55.4 Å². The largest absolute Gasteiger partial charge is 0.300 e. The van der Waals surface area contributed by atoms with Gasteiger partial charge in [0.05, 0.1) is 11.7 Å². The second-order valence-electron chi connectivity index (χ2n) is 7.39. The van der Waals surface area contributed by atoms with Crippen LogP contribution in [0, 0.1) is 24.2 Å². The number of amides is 1. The van der Waals surface area contributed by atoms with Crippen LogP contribution in [0.5, 0.6) is 0 Å². The fourth-order valence-corrected chi connectivity index (χ4v) is 5.75. The molecular formula is C18H19Cl2N3O3S2. The number of carbonyl (C=O) groups excluding carboxylic acids is 1. The molecule has 6 nitrogen and oxygen atoms in total. The lowest BCUT2D eigenvalue weighted by Gasteiger charge is -2.02. The standard InChI is InChI=1S/C18H19Cl2N3O3S2/c1-10-4-6-11(7-5-10)9-28(25,26)17-23-22-16(27-17)21-15(24)14-12(8-13(19)20)18(14,2)3/h4-8,12,14H,9H2,1-3H3,(H,21,22,24)/t12-,14+/m0/s1. The maximum atomic E-state index is 12.6. The number of aromatic nitrogens is 2. The zero-order valence-electron chi connectivity index (χ0n) is 15.4. The summed E-state index contributed by atoms with van der Waals surface area (Å²) >= 11 is 12.3. The van der Waals surface area contributed by atoms with E-state index in [1.165, 1.54) is 0 Å². The number of rotatable bonds is 6. The van der Waals surface area contributed by atoms with Crippen molar-refractivity contribution in [2.75, 3.05) is 5.32 Å². The van der Waals surface area contributed by atoms with Gasteiger partial charge < -0.3 is 5.32 Å². The molecule has 150 valence electrons. The Hall–Kier alpha value is -1.48. The quantitative estimate of drug-likeness (QED) is 0.648. The van der Waals surface area contributed by atoms with Gasteiger partial charge in [-0.1, -0.05) is 78.2 Å². The third-order valence-electron chi connectivity index (χ3n) is 4.88. The number of sulfone groups is 1. The lowest BCUT2D eigenvalue weighted by Crippen LogP contribution is -2.16. The normalized spacial score (nSPS) is 20.5. The van der Waals surface area contributed by atoms with Crippen LogP contribution in [-0.2, 0) is 20.4 Å². The van der Waals surface area contributed by atoms with Gasteiger partial charge in [-0.3, -0.25) is 4.79 Å². The van der Waals surface area contributed by atoms with Crippen LogP contribution in [-0.4, -0.2) is 24.5 Å². The van der Waals surface area contributed by atoms with Gasteiger partial charge >= 0.3 is 0 Å². The number of allylic oxidation sites excluding steroid dienone is 1. The Bertz CT molecular complexity index is 1030. The van der Waals surface area contributed by atoms with Crippen molar-refractivity contribution < 1.29 is 13.2 Å². The van der Waals surface area contributed by atoms with Crippen molar-refractivity contribution in [1.29, 1.82) is 0 Å². The fourth-order valence-electron chi connectivity index (χ4n) is 3.16. The molecule has 0 spiro atoms. The first-order chi connectivity index (χ1) is 13.0. The summed E-state index contributed by atoms with van der Waals surface area (Å²) in [4.78, 5) is 12.5. The summed E-state index contributed by atoms with van der Waals surface area (Å²) in [6.07, 6.45) is 1.64. The van der Waals surface area contributed by atoms with Crippen molar-refractivity contribution in [3.8, 4) is 0 Å². The molecule has 2 aromatic rings. The molecule has 0 bridgehead atoms. The summed E-state index contributed by atoms with van der Waals surface area (Å²) in [5.74, 6) is -0.849. The maximum Gasteiger partial charge on any atom is 0.234 e. The van der Waals surface area contributed by atoms with Gasteiger partial charge in [-0.2, -0.15) is 0 Å². The average molecular weight is 460 g/mol. The van der Waals surface area contributed by atoms with Crippen LogP contribution in [0.25, 0.3) is 0 Å². The van der Waals surface area contributed by atoms with Gasteiger partial charge in [-0.05, 0) is 29.9 Å². The van der Waals surface area contributed by atoms with Gasteiger partial charge in [-0.15, -0.1) is 10.2 Å². The topological polar surface area (TPSA) is 89.0 Å². The van der Waals surface area contributed by atoms with E-state index in [-0.39, 0.29) is 42.9 Å². The van der Waals surface area contributed by atoms with Crippen molar-refractivity contribution in [1.82, 2.24) is 10.2 Å². The van der Waals surface area contributed by atoms with E-state index in [2.05, 4.69) is 15.5 Å². The van der Waals surface area contributed by atoms with Crippen LogP contribution in [0.1, 0.15) is 25.0 Å². The summed E-state index contributed by atoms with van der Waals surface area (Å²) in [6, 6.07) is 7.24. The third-order valence-corrected chi connectivity index (χ3v) is 8.10. The first-order valence-corrected chi connectivity index (χ1v) is 11.7. The Morgan fingerprint density at radius 1 is 1.25 bits per heavy atom.